The summed E-state index contributed by atoms with van der Waals surface area (Å²) in [7, 11) is 0. The van der Waals surface area contributed by atoms with Gasteiger partial charge in [0, 0.05) is 29.4 Å². The second-order valence-electron chi connectivity index (χ2n) is 8.58. The Hall–Kier alpha value is -3.34. The number of carbonyl (C=O) groups excluding carboxylic acids is 2. The molecule has 33 heavy (non-hydrogen) atoms. The van der Waals surface area contributed by atoms with Crippen molar-refractivity contribution in [3.63, 3.8) is 0 Å². The van der Waals surface area contributed by atoms with Crippen molar-refractivity contribution in [2.45, 2.75) is 44.9 Å². The number of benzene rings is 1. The third kappa shape index (κ3) is 4.08. The van der Waals surface area contributed by atoms with Crippen molar-refractivity contribution in [3.05, 3.63) is 52.3 Å². The number of nitrogens with zero attached hydrogens (tertiary/aromatic N) is 2. The Labute approximate surface area is 186 Å². The molecule has 0 bridgehead atoms. The Bertz CT molecular complexity index is 1250. The highest BCUT2D eigenvalue weighted by atomic mass is 19.3. The molecule has 3 heterocycles. The number of aryl methyl sites for hydroxylation is 1. The van der Waals surface area contributed by atoms with Crippen LogP contribution in [0.3, 0.4) is 0 Å². The van der Waals surface area contributed by atoms with Gasteiger partial charge in [-0.25, -0.2) is 4.39 Å². The minimum absolute atomic E-state index is 0.0281. The Morgan fingerprint density at radius 3 is 2.85 bits per heavy atom. The molecule has 2 aliphatic rings. The van der Waals surface area contributed by atoms with Gasteiger partial charge in [-0.2, -0.15) is 8.78 Å². The number of aromatic amines is 1. The van der Waals surface area contributed by atoms with Crippen LogP contribution in [0.5, 0.6) is 0 Å². The van der Waals surface area contributed by atoms with Crippen LogP contribution in [0.15, 0.2) is 22.7 Å². The Morgan fingerprint density at radius 2 is 2.12 bits per heavy atom. The maximum absolute atomic E-state index is 13.7. The van der Waals surface area contributed by atoms with Gasteiger partial charge in [-0.05, 0) is 43.5 Å². The molecule has 0 spiro atoms. The van der Waals surface area contributed by atoms with Crippen LogP contribution in [-0.2, 0) is 17.7 Å². The summed E-state index contributed by atoms with van der Waals surface area (Å²) in [5, 5.41) is 7.33. The number of rotatable bonds is 6. The highest BCUT2D eigenvalue weighted by molar-refractivity contribution is 5.99. The van der Waals surface area contributed by atoms with Crippen molar-refractivity contribution in [2.75, 3.05) is 13.2 Å². The lowest BCUT2D eigenvalue weighted by atomic mass is 10.0. The van der Waals surface area contributed by atoms with Crippen LogP contribution in [0.2, 0.25) is 0 Å². The smallest absolute Gasteiger partial charge is 0.345 e. The second kappa shape index (κ2) is 7.91. The van der Waals surface area contributed by atoms with Gasteiger partial charge in [-0.3, -0.25) is 9.59 Å². The van der Waals surface area contributed by atoms with Gasteiger partial charge in [0.25, 0.3) is 11.8 Å². The summed E-state index contributed by atoms with van der Waals surface area (Å²) in [5.74, 6) is -0.738. The number of aromatic nitrogens is 2. The maximum atomic E-state index is 13.7. The SMILES string of the molecule is Cc1cc(F)cc2[nH]c(C(=O)N3CCc4onc(C(=O)NC5(COC(F)F)CC5)c4C3)cc12. The summed E-state index contributed by atoms with van der Waals surface area (Å²) >= 11 is 0. The molecular formula is C22H21F3N4O4. The molecule has 11 heteroatoms. The van der Waals surface area contributed by atoms with Gasteiger partial charge < -0.3 is 24.5 Å². The third-order valence-electron chi connectivity index (χ3n) is 6.19. The van der Waals surface area contributed by atoms with E-state index in [1.54, 1.807) is 17.9 Å². The molecule has 5 rings (SSSR count). The van der Waals surface area contributed by atoms with Gasteiger partial charge in [-0.1, -0.05) is 5.16 Å². The average molecular weight is 462 g/mol. The number of H-pyrrole nitrogens is 1. The summed E-state index contributed by atoms with van der Waals surface area (Å²) in [6.07, 6.45) is 1.42. The van der Waals surface area contributed by atoms with Crippen LogP contribution in [-0.4, -0.2) is 52.2 Å². The fraction of sp³-hybridized carbons (Fsp3) is 0.409. The van der Waals surface area contributed by atoms with Crippen molar-refractivity contribution < 1.29 is 32.0 Å². The monoisotopic (exact) mass is 462 g/mol. The predicted molar refractivity (Wildman–Crippen MR) is 109 cm³/mol. The van der Waals surface area contributed by atoms with Gasteiger partial charge in [0.05, 0.1) is 18.7 Å². The Kier molecular flexibility index (Phi) is 5.15. The highest BCUT2D eigenvalue weighted by Gasteiger charge is 2.46. The number of alkyl halides is 2. The van der Waals surface area contributed by atoms with E-state index >= 15 is 0 Å². The van der Waals surface area contributed by atoms with Crippen molar-refractivity contribution in [2.24, 2.45) is 0 Å². The van der Waals surface area contributed by atoms with E-state index in [1.807, 2.05) is 0 Å². The summed E-state index contributed by atoms with van der Waals surface area (Å²) in [6.45, 7) is -0.979. The van der Waals surface area contributed by atoms with E-state index in [-0.39, 0.29) is 24.8 Å². The quantitative estimate of drug-likeness (QED) is 0.586. The van der Waals surface area contributed by atoms with E-state index in [2.05, 4.69) is 20.2 Å². The van der Waals surface area contributed by atoms with Crippen LogP contribution >= 0.6 is 0 Å². The van der Waals surface area contributed by atoms with Crippen LogP contribution < -0.4 is 5.32 Å². The average Bonchev–Trinajstić information content (AvgIpc) is 3.19. The van der Waals surface area contributed by atoms with Gasteiger partial charge in [0.1, 0.15) is 17.3 Å². The minimum atomic E-state index is -2.91. The lowest BCUT2D eigenvalue weighted by Gasteiger charge is -2.26. The molecule has 0 atom stereocenters. The second-order valence-corrected chi connectivity index (χ2v) is 8.58. The molecule has 174 valence electrons. The molecule has 2 aromatic heterocycles. The summed E-state index contributed by atoms with van der Waals surface area (Å²) < 4.78 is 48.1. The molecule has 1 aliphatic carbocycles. The van der Waals surface area contributed by atoms with Gasteiger partial charge in [0.15, 0.2) is 5.69 Å². The van der Waals surface area contributed by atoms with Crippen molar-refractivity contribution in [3.8, 4) is 0 Å². The topological polar surface area (TPSA) is 100 Å². The number of hydrogen-bond donors (Lipinski definition) is 2. The minimum Gasteiger partial charge on any atom is -0.360 e. The Balaban J connectivity index is 1.33. The number of nitrogens with one attached hydrogen (secondary N) is 2. The van der Waals surface area contributed by atoms with Crippen LogP contribution in [0.4, 0.5) is 13.2 Å². The number of fused-ring (bicyclic) bond motifs is 2. The number of hydrogen-bond acceptors (Lipinski definition) is 5. The van der Waals surface area contributed by atoms with E-state index in [0.29, 0.717) is 53.9 Å². The zero-order valence-electron chi connectivity index (χ0n) is 17.7. The van der Waals surface area contributed by atoms with E-state index in [1.165, 1.54) is 12.1 Å². The molecular weight excluding hydrogens is 441 g/mol. The Morgan fingerprint density at radius 1 is 1.33 bits per heavy atom. The largest absolute Gasteiger partial charge is 0.360 e. The molecule has 0 unspecified atom stereocenters. The standard InChI is InChI=1S/C22H21F3N4O4/c1-11-6-12(23)7-15-13(11)8-16(26-15)20(31)29-5-2-17-14(9-29)18(28-33-17)19(30)27-22(3-4-22)10-32-21(24)25/h6-8,21,26H,2-5,9-10H2,1H3,(H,27,30). The summed E-state index contributed by atoms with van der Waals surface area (Å²) in [6, 6.07) is 4.42. The van der Waals surface area contributed by atoms with Crippen LogP contribution in [0.25, 0.3) is 10.9 Å². The van der Waals surface area contributed by atoms with Crippen molar-refractivity contribution in [1.82, 2.24) is 20.4 Å². The van der Waals surface area contributed by atoms with E-state index < -0.39 is 23.9 Å². The number of amides is 2. The normalized spacial score (nSPS) is 16.8. The van der Waals surface area contributed by atoms with Gasteiger partial charge in [-0.15, -0.1) is 0 Å². The first-order chi connectivity index (χ1) is 15.7. The first kappa shape index (κ1) is 21.5. The number of halogens is 3. The molecule has 3 aromatic rings. The molecule has 8 nitrogen and oxygen atoms in total. The van der Waals surface area contributed by atoms with Crippen molar-refractivity contribution >= 4 is 22.7 Å². The number of carbonyl (C=O) groups is 2. The highest BCUT2D eigenvalue weighted by Crippen LogP contribution is 2.37. The maximum Gasteiger partial charge on any atom is 0.345 e. The van der Waals surface area contributed by atoms with Gasteiger partial charge in [0.2, 0.25) is 0 Å². The molecule has 2 N–H and O–H groups in total. The third-order valence-corrected chi connectivity index (χ3v) is 6.19. The van der Waals surface area contributed by atoms with Crippen LogP contribution in [0, 0.1) is 12.7 Å². The van der Waals surface area contributed by atoms with E-state index in [9.17, 15) is 22.8 Å². The van der Waals surface area contributed by atoms with E-state index in [4.69, 9.17) is 4.52 Å². The lowest BCUT2D eigenvalue weighted by Crippen LogP contribution is -2.42. The van der Waals surface area contributed by atoms with Gasteiger partial charge >= 0.3 is 6.61 Å². The van der Waals surface area contributed by atoms with E-state index in [0.717, 1.165) is 5.39 Å². The number of ether oxygens (including phenoxy) is 1. The predicted octanol–water partition coefficient (Wildman–Crippen LogP) is 3.30. The first-order valence-electron chi connectivity index (χ1n) is 10.5. The summed E-state index contributed by atoms with van der Waals surface area (Å²) in [5.41, 5.74) is 1.23. The molecule has 1 aliphatic heterocycles. The molecule has 1 aromatic carbocycles. The molecule has 1 fully saturated rings. The molecule has 1 saturated carbocycles. The summed E-state index contributed by atoms with van der Waals surface area (Å²) in [4.78, 5) is 30.4. The zero-order chi connectivity index (χ0) is 23.3. The van der Waals surface area contributed by atoms with Crippen LogP contribution in [0.1, 0.15) is 50.7 Å². The fourth-order valence-corrected chi connectivity index (χ4v) is 4.20. The zero-order valence-corrected chi connectivity index (χ0v) is 17.7. The lowest BCUT2D eigenvalue weighted by molar-refractivity contribution is -0.135. The molecule has 0 saturated heterocycles. The van der Waals surface area contributed by atoms with Crippen molar-refractivity contribution in [1.29, 1.82) is 0 Å². The molecule has 2 amide bonds. The first-order valence-corrected chi connectivity index (χ1v) is 10.5. The fourth-order valence-electron chi connectivity index (χ4n) is 4.20. The molecule has 0 radical (unpaired) electrons.